The van der Waals surface area contributed by atoms with Crippen LogP contribution in [0.25, 0.3) is 0 Å². The highest BCUT2D eigenvalue weighted by atomic mass is 16.4. The third kappa shape index (κ3) is 12.0. The van der Waals surface area contributed by atoms with Crippen LogP contribution in [0.1, 0.15) is 13.3 Å². The lowest BCUT2D eigenvalue weighted by molar-refractivity contribution is -0.138. The summed E-state index contributed by atoms with van der Waals surface area (Å²) in [5, 5.41) is 15.5. The van der Waals surface area contributed by atoms with E-state index in [0.717, 1.165) is 0 Å². The maximum Gasteiger partial charge on any atom is 0.320 e. The van der Waals surface area contributed by atoms with Gasteiger partial charge >= 0.3 is 5.97 Å². The van der Waals surface area contributed by atoms with Crippen LogP contribution in [0, 0.1) is 11.3 Å². The molecule has 0 aromatic rings. The Morgan fingerprint density at radius 1 is 2.00 bits per heavy atom. The predicted molar refractivity (Wildman–Crippen MR) is 41.7 cm³/mol. The van der Waals surface area contributed by atoms with Gasteiger partial charge in [0.25, 0.3) is 0 Å². The van der Waals surface area contributed by atoms with Crippen molar-refractivity contribution in [3.8, 4) is 6.07 Å². The lowest BCUT2D eigenvalue weighted by atomic mass is 10.2. The lowest BCUT2D eigenvalue weighted by Crippen LogP contribution is -2.28. The van der Waals surface area contributed by atoms with Gasteiger partial charge in [0.15, 0.2) is 0 Å². The highest BCUT2D eigenvalue weighted by Gasteiger charge is 2.06. The van der Waals surface area contributed by atoms with Crippen LogP contribution in [0.5, 0.6) is 0 Å². The molecule has 1 unspecified atom stereocenters. The van der Waals surface area contributed by atoms with Gasteiger partial charge in [-0.25, -0.2) is 0 Å². The van der Waals surface area contributed by atoms with E-state index in [9.17, 15) is 4.79 Å². The van der Waals surface area contributed by atoms with Crippen LogP contribution in [0.15, 0.2) is 12.7 Å². The lowest BCUT2D eigenvalue weighted by Gasteiger charge is -1.98. The number of hydrogen-bond acceptors (Lipinski definition) is 3. The second kappa shape index (κ2) is 8.66. The van der Waals surface area contributed by atoms with E-state index in [4.69, 9.17) is 16.1 Å². The van der Waals surface area contributed by atoms with Gasteiger partial charge in [-0.05, 0) is 6.42 Å². The minimum Gasteiger partial charge on any atom is -0.480 e. The molecule has 0 radical (unpaired) electrons. The van der Waals surface area contributed by atoms with Crippen molar-refractivity contribution in [3.63, 3.8) is 0 Å². The Labute approximate surface area is 65.9 Å². The van der Waals surface area contributed by atoms with Crippen LogP contribution in [0.3, 0.4) is 0 Å². The highest BCUT2D eigenvalue weighted by molar-refractivity contribution is 5.73. The van der Waals surface area contributed by atoms with Gasteiger partial charge in [-0.2, -0.15) is 5.26 Å². The summed E-state index contributed by atoms with van der Waals surface area (Å²) in [4.78, 5) is 9.92. The molecule has 1 atom stereocenters. The molecule has 3 N–H and O–H groups in total. The molecule has 0 rings (SSSR count). The molecule has 0 aliphatic heterocycles. The Kier molecular flexibility index (Phi) is 9.72. The zero-order valence-corrected chi connectivity index (χ0v) is 6.45. The smallest absolute Gasteiger partial charge is 0.320 e. The Bertz CT molecular complexity index is 160. The third-order valence-electron chi connectivity index (χ3n) is 0.738. The summed E-state index contributed by atoms with van der Waals surface area (Å²) in [5.41, 5.74) is 5.06. The average molecular weight is 156 g/mol. The molecule has 0 saturated carbocycles. The maximum atomic E-state index is 9.92. The largest absolute Gasteiger partial charge is 0.480 e. The summed E-state index contributed by atoms with van der Waals surface area (Å²) in [7, 11) is 0. The highest BCUT2D eigenvalue weighted by Crippen LogP contribution is 1.86. The number of carboxylic acids is 1. The number of aliphatic carboxylic acids is 1. The van der Waals surface area contributed by atoms with Gasteiger partial charge in [-0.15, -0.1) is 6.58 Å². The average Bonchev–Trinajstić information content (AvgIpc) is 1.90. The van der Waals surface area contributed by atoms with Crippen LogP contribution in [0.4, 0.5) is 0 Å². The van der Waals surface area contributed by atoms with Crippen molar-refractivity contribution < 1.29 is 9.90 Å². The van der Waals surface area contributed by atoms with Gasteiger partial charge in [0.05, 0.1) is 6.07 Å². The van der Waals surface area contributed by atoms with E-state index in [0.29, 0.717) is 6.42 Å². The number of nitrogens with zero attached hydrogens (tertiary/aromatic N) is 1. The molecule has 0 aliphatic rings. The van der Waals surface area contributed by atoms with E-state index >= 15 is 0 Å². The molecule has 0 saturated heterocycles. The molecule has 62 valence electrons. The normalized spacial score (nSPS) is 9.91. The second-order valence-electron chi connectivity index (χ2n) is 1.69. The molecule has 0 aromatic carbocycles. The monoisotopic (exact) mass is 156 g/mol. The first-order valence-electron chi connectivity index (χ1n) is 3.00. The molecule has 0 fully saturated rings. The number of nitriles is 1. The molecular weight excluding hydrogens is 144 g/mol. The van der Waals surface area contributed by atoms with Crippen LogP contribution in [0.2, 0.25) is 0 Å². The van der Waals surface area contributed by atoms with Crippen molar-refractivity contribution in [2.75, 3.05) is 0 Å². The summed E-state index contributed by atoms with van der Waals surface area (Å²) in [6.45, 7) is 4.77. The fraction of sp³-hybridized carbons (Fsp3) is 0.429. The van der Waals surface area contributed by atoms with E-state index in [-0.39, 0.29) is 0 Å². The first kappa shape index (κ1) is 12.3. The van der Waals surface area contributed by atoms with Crippen molar-refractivity contribution in [3.05, 3.63) is 12.7 Å². The number of hydrogen-bond donors (Lipinski definition) is 2. The van der Waals surface area contributed by atoms with Crippen molar-refractivity contribution >= 4 is 5.97 Å². The molecule has 4 heteroatoms. The van der Waals surface area contributed by atoms with E-state index in [2.05, 4.69) is 6.58 Å². The van der Waals surface area contributed by atoms with Crippen LogP contribution in [-0.4, -0.2) is 17.1 Å². The Balaban J connectivity index is 0. The Hall–Kier alpha value is -1.34. The molecule has 0 heterocycles. The van der Waals surface area contributed by atoms with Crippen molar-refractivity contribution in [2.45, 2.75) is 19.4 Å². The molecule has 0 aromatic heterocycles. The van der Waals surface area contributed by atoms with Gasteiger partial charge in [-0.1, -0.05) is 6.08 Å². The Morgan fingerprint density at radius 3 is 2.45 bits per heavy atom. The standard InChI is InChI=1S/C5H9NO2.C2H3N/c1-2-3-4(6)5(7)8;1-2-3/h2,4H,1,3,6H2,(H,7,8);1H3. The molecule has 11 heavy (non-hydrogen) atoms. The second-order valence-corrected chi connectivity index (χ2v) is 1.69. The summed E-state index contributed by atoms with van der Waals surface area (Å²) in [5.74, 6) is -0.982. The van der Waals surface area contributed by atoms with Crippen molar-refractivity contribution in [1.29, 1.82) is 5.26 Å². The zero-order valence-electron chi connectivity index (χ0n) is 6.45. The minimum atomic E-state index is -0.982. The maximum absolute atomic E-state index is 9.92. The fourth-order valence-corrected chi connectivity index (χ4v) is 0.280. The van der Waals surface area contributed by atoms with Gasteiger partial charge in [0.2, 0.25) is 0 Å². The van der Waals surface area contributed by atoms with Gasteiger partial charge in [0, 0.05) is 6.92 Å². The van der Waals surface area contributed by atoms with Gasteiger partial charge < -0.3 is 10.8 Å². The Morgan fingerprint density at radius 2 is 2.36 bits per heavy atom. The first-order chi connectivity index (χ1) is 5.09. The molecule has 4 nitrogen and oxygen atoms in total. The summed E-state index contributed by atoms with van der Waals surface area (Å²) in [6, 6.07) is 0.965. The van der Waals surface area contributed by atoms with Gasteiger partial charge in [-0.3, -0.25) is 4.79 Å². The van der Waals surface area contributed by atoms with E-state index in [1.807, 2.05) is 0 Å². The topological polar surface area (TPSA) is 87.1 Å². The van der Waals surface area contributed by atoms with Crippen LogP contribution >= 0.6 is 0 Å². The number of rotatable bonds is 3. The predicted octanol–water partition coefficient (Wildman–Crippen LogP) is 0.504. The van der Waals surface area contributed by atoms with E-state index in [1.54, 1.807) is 6.07 Å². The fourth-order valence-electron chi connectivity index (χ4n) is 0.280. The summed E-state index contributed by atoms with van der Waals surface area (Å²) >= 11 is 0. The van der Waals surface area contributed by atoms with Gasteiger partial charge in [0.1, 0.15) is 6.04 Å². The summed E-state index contributed by atoms with van der Waals surface area (Å²) in [6.07, 6.45) is 1.81. The minimum absolute atomic E-state index is 0.329. The molecule has 0 spiro atoms. The number of carbonyl (C=O) groups is 1. The molecule has 0 bridgehead atoms. The first-order valence-corrected chi connectivity index (χ1v) is 3.00. The SMILES string of the molecule is C=CCC(N)C(=O)O.CC#N. The molecular formula is C7H12N2O2. The van der Waals surface area contributed by atoms with Crippen LogP contribution < -0.4 is 5.73 Å². The van der Waals surface area contributed by atoms with E-state index < -0.39 is 12.0 Å². The third-order valence-corrected chi connectivity index (χ3v) is 0.738. The van der Waals surface area contributed by atoms with Crippen molar-refractivity contribution in [2.24, 2.45) is 5.73 Å². The van der Waals surface area contributed by atoms with E-state index in [1.165, 1.54) is 13.0 Å². The van der Waals surface area contributed by atoms with Crippen molar-refractivity contribution in [1.82, 2.24) is 0 Å². The zero-order chi connectivity index (χ0) is 9.28. The summed E-state index contributed by atoms with van der Waals surface area (Å²) < 4.78 is 0. The van der Waals surface area contributed by atoms with Crippen LogP contribution in [-0.2, 0) is 4.79 Å². The molecule has 0 amide bonds. The quantitative estimate of drug-likeness (QED) is 0.582. The number of nitrogens with two attached hydrogens (primary N) is 1. The number of carboxylic acid groups (broad SMARTS) is 1. The molecule has 0 aliphatic carbocycles.